The van der Waals surface area contributed by atoms with Crippen LogP contribution in [0.2, 0.25) is 0 Å². The summed E-state index contributed by atoms with van der Waals surface area (Å²) in [7, 11) is 0. The molecule has 2 aromatic rings. The summed E-state index contributed by atoms with van der Waals surface area (Å²) in [6.07, 6.45) is -1.24. The van der Waals surface area contributed by atoms with Crippen molar-refractivity contribution in [1.29, 1.82) is 0 Å². The van der Waals surface area contributed by atoms with E-state index in [1.807, 2.05) is 19.2 Å². The Morgan fingerprint density at radius 1 is 1.22 bits per heavy atom. The van der Waals surface area contributed by atoms with Gasteiger partial charge in [0, 0.05) is 64.1 Å². The molecule has 0 spiro atoms. The molecule has 0 bridgehead atoms. The second-order valence-electron chi connectivity index (χ2n) is 9.02. The summed E-state index contributed by atoms with van der Waals surface area (Å²) in [4.78, 5) is 39.7. The molecule has 0 radical (unpaired) electrons. The van der Waals surface area contributed by atoms with Crippen LogP contribution in [0.5, 0.6) is 0 Å². The Hall–Kier alpha value is -3.30. The first-order chi connectivity index (χ1) is 19.9. The largest absolute Gasteiger partial charge is 0.381 e. The number of piperidine rings is 1. The van der Waals surface area contributed by atoms with Gasteiger partial charge in [0.05, 0.1) is 19.1 Å². The van der Waals surface area contributed by atoms with Gasteiger partial charge in [-0.25, -0.2) is 4.39 Å². The number of rotatable bonds is 6. The SMILES string of the molecule is [2H]C([2H])(Nc1cccc2c1C([2H])([2H])N(C1([2H])CCC(=O)NC1=O)C2=O)c1cc(C([2H])([2H])N2CC(C)OC(C)C2)ccc1F. The third-order valence-electron chi connectivity index (χ3n) is 6.10. The van der Waals surface area contributed by atoms with Crippen molar-refractivity contribution in [1.82, 2.24) is 15.1 Å². The van der Waals surface area contributed by atoms with Gasteiger partial charge >= 0.3 is 0 Å². The predicted octanol–water partition coefficient (Wildman–Crippen LogP) is 2.81. The molecule has 3 aliphatic rings. The normalized spacial score (nSPS) is 31.7. The fraction of sp³-hybridized carbons (Fsp3) is 0.444. The number of carbonyl (C=O) groups excluding carboxylic acids is 3. The summed E-state index contributed by atoms with van der Waals surface area (Å²) in [5, 5.41) is 4.46. The van der Waals surface area contributed by atoms with Crippen LogP contribution in [0, 0.1) is 5.82 Å². The molecule has 9 heteroatoms. The van der Waals surface area contributed by atoms with Gasteiger partial charge < -0.3 is 15.0 Å². The highest BCUT2D eigenvalue weighted by Crippen LogP contribution is 2.32. The zero-order valence-electron chi connectivity index (χ0n) is 26.9. The van der Waals surface area contributed by atoms with E-state index in [1.54, 1.807) is 0 Å². The molecule has 2 saturated heterocycles. The van der Waals surface area contributed by atoms with Crippen molar-refractivity contribution >= 4 is 23.4 Å². The minimum atomic E-state index is -2.80. The number of anilines is 1. The average Bonchev–Trinajstić information content (AvgIpc) is 3.11. The number of carbonyl (C=O) groups is 3. The number of imide groups is 1. The molecule has 3 heterocycles. The molecular weight excluding hydrogens is 463 g/mol. The molecule has 0 aliphatic carbocycles. The average molecular weight is 502 g/mol. The smallest absolute Gasteiger partial charge is 0.255 e. The molecule has 2 N–H and O–H groups in total. The molecule has 0 saturated carbocycles. The van der Waals surface area contributed by atoms with Crippen molar-refractivity contribution in [3.05, 3.63) is 64.5 Å². The Bertz CT molecular complexity index is 1500. The number of amides is 3. The van der Waals surface area contributed by atoms with Crippen molar-refractivity contribution in [3.8, 4) is 0 Å². The number of ether oxygens (including phenoxy) is 1. The highest BCUT2D eigenvalue weighted by atomic mass is 19.1. The summed E-state index contributed by atoms with van der Waals surface area (Å²) in [6, 6.07) is 4.72. The standard InChI is InChI=1S/C27H31FN4O4/c1-16-12-31(13-17(2)36-16)14-18-6-7-22(28)19(10-18)11-29-23-5-3-4-20-21(23)15-32(27(20)35)24-8-9-25(33)30-26(24)34/h3-7,10,16-17,24,29H,8-9,11-15H2,1-2H3,(H,30,33,34)/i11D2,14D2,15D2,24D. The van der Waals surface area contributed by atoms with Crippen LogP contribution in [0.15, 0.2) is 36.4 Å². The van der Waals surface area contributed by atoms with Crippen molar-refractivity contribution in [3.63, 3.8) is 0 Å². The van der Waals surface area contributed by atoms with E-state index < -0.39 is 61.0 Å². The third kappa shape index (κ3) is 4.99. The van der Waals surface area contributed by atoms with Crippen molar-refractivity contribution in [2.75, 3.05) is 18.4 Å². The Morgan fingerprint density at radius 3 is 2.75 bits per heavy atom. The predicted molar refractivity (Wildman–Crippen MR) is 131 cm³/mol. The summed E-state index contributed by atoms with van der Waals surface area (Å²) < 4.78 is 82.2. The maximum Gasteiger partial charge on any atom is 0.255 e. The van der Waals surface area contributed by atoms with Gasteiger partial charge in [-0.1, -0.05) is 12.1 Å². The second kappa shape index (κ2) is 9.99. The minimum absolute atomic E-state index is 0.000135. The molecule has 3 amide bonds. The zero-order chi connectivity index (χ0) is 31.7. The van der Waals surface area contributed by atoms with Gasteiger partial charge in [0.15, 0.2) is 0 Å². The fourth-order valence-corrected chi connectivity index (χ4v) is 4.53. The van der Waals surface area contributed by atoms with Gasteiger partial charge in [0.1, 0.15) is 11.8 Å². The van der Waals surface area contributed by atoms with Gasteiger partial charge in [-0.3, -0.25) is 24.6 Å². The first kappa shape index (κ1) is 17.2. The lowest BCUT2D eigenvalue weighted by Crippen LogP contribution is -2.52. The molecule has 2 aromatic carbocycles. The number of fused-ring (bicyclic) bond motifs is 1. The van der Waals surface area contributed by atoms with E-state index >= 15 is 4.39 Å². The van der Waals surface area contributed by atoms with Crippen LogP contribution in [-0.4, -0.2) is 58.8 Å². The Morgan fingerprint density at radius 2 is 2.00 bits per heavy atom. The van der Waals surface area contributed by atoms with Crippen LogP contribution in [0.3, 0.4) is 0 Å². The molecule has 8 nitrogen and oxygen atoms in total. The molecule has 3 unspecified atom stereocenters. The van der Waals surface area contributed by atoms with Gasteiger partial charge in [-0.05, 0) is 50.1 Å². The number of morpholine rings is 1. The van der Waals surface area contributed by atoms with Gasteiger partial charge in [0.2, 0.25) is 11.8 Å². The Balaban J connectivity index is 1.50. The Labute approximate surface area is 219 Å². The number of hydrogen-bond donors (Lipinski definition) is 2. The van der Waals surface area contributed by atoms with E-state index in [9.17, 15) is 14.4 Å². The van der Waals surface area contributed by atoms with E-state index in [1.165, 1.54) is 29.2 Å². The first-order valence-corrected chi connectivity index (χ1v) is 11.7. The number of nitrogens with one attached hydrogen (secondary N) is 2. The highest BCUT2D eigenvalue weighted by molar-refractivity contribution is 6.06. The van der Waals surface area contributed by atoms with Crippen LogP contribution in [0.25, 0.3) is 0 Å². The molecular formula is C27H31FN4O4. The van der Waals surface area contributed by atoms with E-state index in [4.69, 9.17) is 14.3 Å². The summed E-state index contributed by atoms with van der Waals surface area (Å²) in [6.45, 7) is -3.51. The van der Waals surface area contributed by atoms with Gasteiger partial charge in [-0.2, -0.15) is 0 Å². The number of benzene rings is 2. The quantitative estimate of drug-likeness (QED) is 0.592. The van der Waals surface area contributed by atoms with E-state index in [0.29, 0.717) is 4.90 Å². The van der Waals surface area contributed by atoms with E-state index in [0.717, 1.165) is 12.1 Å². The maximum atomic E-state index is 15.2. The monoisotopic (exact) mass is 501 g/mol. The van der Waals surface area contributed by atoms with E-state index in [2.05, 4.69) is 5.32 Å². The lowest BCUT2D eigenvalue weighted by molar-refractivity contribution is -0.136. The number of hydrogen-bond acceptors (Lipinski definition) is 6. The second-order valence-corrected chi connectivity index (χ2v) is 9.02. The minimum Gasteiger partial charge on any atom is -0.381 e. The van der Waals surface area contributed by atoms with E-state index in [-0.39, 0.29) is 54.1 Å². The van der Waals surface area contributed by atoms with Crippen LogP contribution in [0.1, 0.15) is 63.3 Å². The molecule has 2 fully saturated rings. The molecule has 3 aliphatic heterocycles. The maximum absolute atomic E-state index is 15.2. The summed E-state index contributed by atoms with van der Waals surface area (Å²) in [5.74, 6) is -3.79. The summed E-state index contributed by atoms with van der Waals surface area (Å²) >= 11 is 0. The fourth-order valence-electron chi connectivity index (χ4n) is 4.53. The first-order valence-electron chi connectivity index (χ1n) is 15.2. The molecule has 36 heavy (non-hydrogen) atoms. The lowest BCUT2D eigenvalue weighted by Gasteiger charge is -2.35. The topological polar surface area (TPSA) is 91.0 Å². The molecule has 5 rings (SSSR count). The lowest BCUT2D eigenvalue weighted by atomic mass is 10.0. The van der Waals surface area contributed by atoms with Crippen molar-refractivity contribution < 1.29 is 33.1 Å². The number of nitrogens with zero attached hydrogens (tertiary/aromatic N) is 2. The Kier molecular flexibility index (Phi) is 4.77. The van der Waals surface area contributed by atoms with Gasteiger partial charge in [0.25, 0.3) is 5.91 Å². The molecule has 190 valence electrons. The zero-order valence-corrected chi connectivity index (χ0v) is 19.9. The summed E-state index contributed by atoms with van der Waals surface area (Å²) in [5.41, 5.74) is -1.38. The highest BCUT2D eigenvalue weighted by Gasteiger charge is 2.39. The van der Waals surface area contributed by atoms with Crippen LogP contribution in [-0.2, 0) is 33.8 Å². The van der Waals surface area contributed by atoms with Gasteiger partial charge in [-0.15, -0.1) is 0 Å². The van der Waals surface area contributed by atoms with Crippen molar-refractivity contribution in [2.24, 2.45) is 0 Å². The molecule has 3 atom stereocenters. The number of halogens is 1. The third-order valence-corrected chi connectivity index (χ3v) is 6.10. The molecule has 0 aromatic heterocycles. The van der Waals surface area contributed by atoms with Crippen LogP contribution < -0.4 is 10.6 Å². The van der Waals surface area contributed by atoms with Crippen molar-refractivity contribution in [2.45, 2.75) is 64.4 Å². The van der Waals surface area contributed by atoms with Crippen LogP contribution in [0.4, 0.5) is 10.1 Å². The van der Waals surface area contributed by atoms with Crippen LogP contribution >= 0.6 is 0 Å².